The molecular formula is C30H37F2N9O14P2S2. The van der Waals surface area contributed by atoms with Gasteiger partial charge in [0.15, 0.2) is 47.1 Å². The molecule has 3 aliphatic heterocycles. The molecule has 0 saturated carbocycles. The second kappa shape index (κ2) is 16.6. The summed E-state index contributed by atoms with van der Waals surface area (Å²) in [6, 6.07) is 0. The van der Waals surface area contributed by atoms with Crippen molar-refractivity contribution < 1.29 is 70.3 Å². The Morgan fingerprint density at radius 2 is 1.71 bits per heavy atom. The fourth-order valence-electron chi connectivity index (χ4n) is 6.29. The Bertz CT molecular complexity index is 2400. The third-order valence-corrected chi connectivity index (χ3v) is 12.1. The largest absolute Gasteiger partial charge is 0.447 e. The van der Waals surface area contributed by atoms with E-state index < -0.39 is 110 Å². The maximum Gasteiger partial charge on any atom is 0.412 e. The quantitative estimate of drug-likeness (QED) is 0.173. The van der Waals surface area contributed by atoms with Crippen LogP contribution < -0.4 is 10.9 Å². The van der Waals surface area contributed by atoms with Gasteiger partial charge in [-0.25, -0.2) is 38.3 Å². The number of carbonyl (C=O) groups is 2. The molecule has 23 nitrogen and oxygen atoms in total. The second-order valence-corrected chi connectivity index (χ2v) is 19.8. The number of ether oxygens (including phenoxy) is 4. The molecule has 29 heteroatoms. The molecule has 3 aliphatic rings. The Labute approximate surface area is 341 Å². The van der Waals surface area contributed by atoms with Gasteiger partial charge in [0.1, 0.15) is 54.4 Å². The van der Waals surface area contributed by atoms with Crippen molar-refractivity contribution >= 4 is 77.3 Å². The van der Waals surface area contributed by atoms with Crippen LogP contribution >= 0.6 is 13.4 Å². The van der Waals surface area contributed by atoms with Gasteiger partial charge < -0.3 is 57.3 Å². The van der Waals surface area contributed by atoms with Crippen LogP contribution in [-0.2, 0) is 60.7 Å². The number of nitrogens with zero attached hydrogens (tertiary/aromatic N) is 7. The molecule has 7 rings (SSSR count). The average Bonchev–Trinajstić information content (AvgIpc) is 3.89. The number of anilines is 1. The van der Waals surface area contributed by atoms with Crippen LogP contribution in [0.15, 0.2) is 30.0 Å². The van der Waals surface area contributed by atoms with Crippen molar-refractivity contribution in [2.75, 3.05) is 38.7 Å². The number of aliphatic hydroxyl groups is 1. The lowest BCUT2D eigenvalue weighted by Gasteiger charge is -2.28. The number of aromatic nitrogens is 7. The predicted molar refractivity (Wildman–Crippen MR) is 203 cm³/mol. The molecule has 3 fully saturated rings. The molecule has 2 bridgehead atoms. The number of amides is 2. The highest BCUT2D eigenvalue weighted by Crippen LogP contribution is 2.54. The van der Waals surface area contributed by atoms with E-state index in [2.05, 4.69) is 30.2 Å². The molecule has 2 amide bonds. The predicted octanol–water partition coefficient (Wildman–Crippen LogP) is 1.86. The SMILES string of the molecule is CN(CCOC(=O)Nc1ncnc2c1ncn2[C@@H]1O[C@@H]2COP(O)(=S)O[C@H]3C(n4cc(F)c5c(=O)[nH]cnc54)O[C@H](COP(O)(=S)O[C@H]2[C@H]1F)[C@H]3O)C(=O)OC(C)(C)C. The zero-order chi connectivity index (χ0) is 42.6. The Kier molecular flexibility index (Phi) is 12.2. The molecule has 3 saturated heterocycles. The summed E-state index contributed by atoms with van der Waals surface area (Å²) < 4.78 is 78.2. The van der Waals surface area contributed by atoms with Gasteiger partial charge in [0.2, 0.25) is 0 Å². The topological polar surface area (TPSA) is 278 Å². The summed E-state index contributed by atoms with van der Waals surface area (Å²) in [5.74, 6) is -1.11. The summed E-state index contributed by atoms with van der Waals surface area (Å²) in [6.07, 6.45) is -10.6. The maximum absolute atomic E-state index is 16.5. The number of rotatable bonds is 6. The number of likely N-dealkylation sites (N-methyl/N-ethyl adjacent to an activating group) is 1. The van der Waals surface area contributed by atoms with E-state index in [0.717, 1.165) is 34.3 Å². The number of aromatic amines is 1. The third kappa shape index (κ3) is 9.31. The van der Waals surface area contributed by atoms with Crippen molar-refractivity contribution in [3.8, 4) is 0 Å². The summed E-state index contributed by atoms with van der Waals surface area (Å²) in [5, 5.41) is 13.2. The Hall–Kier alpha value is -3.69. The first-order valence-corrected chi connectivity index (χ1v) is 22.6. The van der Waals surface area contributed by atoms with Gasteiger partial charge in [0, 0.05) is 13.2 Å². The highest BCUT2D eigenvalue weighted by atomic mass is 32.5. The zero-order valence-electron chi connectivity index (χ0n) is 31.2. The van der Waals surface area contributed by atoms with Crippen LogP contribution in [-0.4, -0.2) is 142 Å². The van der Waals surface area contributed by atoms with E-state index in [9.17, 15) is 33.7 Å². The van der Waals surface area contributed by atoms with Crippen molar-refractivity contribution in [2.45, 2.75) is 75.5 Å². The smallest absolute Gasteiger partial charge is 0.412 e. The molecule has 7 heterocycles. The molecule has 3 unspecified atom stereocenters. The maximum atomic E-state index is 16.5. The van der Waals surface area contributed by atoms with Gasteiger partial charge >= 0.3 is 25.6 Å². The highest BCUT2D eigenvalue weighted by molar-refractivity contribution is 8.07. The van der Waals surface area contributed by atoms with E-state index in [1.165, 1.54) is 11.9 Å². The fraction of sp³-hybridized carbons (Fsp3) is 0.567. The highest BCUT2D eigenvalue weighted by Gasteiger charge is 2.53. The summed E-state index contributed by atoms with van der Waals surface area (Å²) in [5.41, 5.74) is -1.77. The lowest BCUT2D eigenvalue weighted by molar-refractivity contribution is -0.0602. The summed E-state index contributed by atoms with van der Waals surface area (Å²) >= 11 is 10.4. The fourth-order valence-corrected chi connectivity index (χ4v) is 9.14. The van der Waals surface area contributed by atoms with E-state index in [0.29, 0.717) is 0 Å². The number of hydrogen-bond acceptors (Lipinski definition) is 18. The molecule has 322 valence electrons. The first-order chi connectivity index (χ1) is 27.7. The standard InChI is InChI=1S/C30H37F2N9O14P2S2/c1-30(2,3)53-29(45)39(4)5-6-48-28(44)38-22-18-24(35-10-33-22)41(12-37-18)26-17(32)20-15(52-26)9-50-57(47,59)55-21-19(42)14(8-49-56(46,58)54-20)51-27(21)40-7-13(31)16-23(40)34-11-36-25(16)43/h7,10-12,14-15,17,19-21,26-27,42H,5-6,8-9H2,1-4H3,(H,46,58)(H,47,59)(H,34,36,43)(H,33,35,38,44)/t14-,15-,17-,19-,20-,21-,26-,27?,56?,57?/m1/s1. The van der Waals surface area contributed by atoms with Gasteiger partial charge in [-0.3, -0.25) is 23.7 Å². The first kappa shape index (κ1) is 43.4. The number of fused-ring (bicyclic) bond motifs is 5. The molecule has 59 heavy (non-hydrogen) atoms. The normalized spacial score (nSPS) is 31.5. The van der Waals surface area contributed by atoms with Crippen LogP contribution in [0.4, 0.5) is 24.2 Å². The average molecular weight is 912 g/mol. The third-order valence-electron chi connectivity index (χ3n) is 8.95. The summed E-state index contributed by atoms with van der Waals surface area (Å²) in [4.78, 5) is 79.3. The molecule has 4 aromatic heterocycles. The van der Waals surface area contributed by atoms with Crippen molar-refractivity contribution in [3.05, 3.63) is 41.3 Å². The number of H-pyrrole nitrogens is 1. The Balaban J connectivity index is 1.08. The van der Waals surface area contributed by atoms with Crippen molar-refractivity contribution in [1.82, 2.24) is 39.0 Å². The lowest BCUT2D eigenvalue weighted by atomic mass is 10.1. The van der Waals surface area contributed by atoms with Crippen LogP contribution in [0, 0.1) is 5.82 Å². The summed E-state index contributed by atoms with van der Waals surface area (Å²) in [6.45, 7) is -5.31. The summed E-state index contributed by atoms with van der Waals surface area (Å²) in [7, 11) is 1.47. The number of alkyl halides is 1. The lowest BCUT2D eigenvalue weighted by Crippen LogP contribution is -2.36. The minimum atomic E-state index is -4.42. The van der Waals surface area contributed by atoms with E-state index in [4.69, 9.17) is 60.7 Å². The van der Waals surface area contributed by atoms with Gasteiger partial charge in [-0.15, -0.1) is 0 Å². The number of aliphatic hydroxyl groups excluding tert-OH is 1. The van der Waals surface area contributed by atoms with Gasteiger partial charge in [-0.2, -0.15) is 0 Å². The van der Waals surface area contributed by atoms with E-state index in [1.807, 2.05) is 0 Å². The van der Waals surface area contributed by atoms with Crippen LogP contribution in [0.5, 0.6) is 0 Å². The number of hydrogen-bond donors (Lipinski definition) is 5. The number of imidazole rings is 1. The van der Waals surface area contributed by atoms with Crippen LogP contribution in [0.1, 0.15) is 33.2 Å². The molecule has 4 aromatic rings. The minimum Gasteiger partial charge on any atom is -0.447 e. The van der Waals surface area contributed by atoms with Crippen LogP contribution in [0.3, 0.4) is 0 Å². The second-order valence-electron chi connectivity index (χ2n) is 14.3. The zero-order valence-corrected chi connectivity index (χ0v) is 34.6. The van der Waals surface area contributed by atoms with Gasteiger partial charge in [0.05, 0.1) is 32.4 Å². The Morgan fingerprint density at radius 3 is 2.42 bits per heavy atom. The van der Waals surface area contributed by atoms with E-state index in [-0.39, 0.29) is 35.8 Å². The van der Waals surface area contributed by atoms with Gasteiger partial charge in [0.25, 0.3) is 5.56 Å². The minimum absolute atomic E-state index is 0.00966. The van der Waals surface area contributed by atoms with Crippen LogP contribution in [0.2, 0.25) is 0 Å². The van der Waals surface area contributed by atoms with Crippen molar-refractivity contribution in [3.63, 3.8) is 0 Å². The van der Waals surface area contributed by atoms with Crippen LogP contribution in [0.25, 0.3) is 22.2 Å². The molecule has 0 radical (unpaired) electrons. The van der Waals surface area contributed by atoms with E-state index >= 15 is 4.39 Å². The van der Waals surface area contributed by atoms with Gasteiger partial charge in [-0.1, -0.05) is 0 Å². The molecule has 5 N–H and O–H groups in total. The number of halogens is 2. The molecule has 0 aromatic carbocycles. The first-order valence-electron chi connectivity index (χ1n) is 17.5. The monoisotopic (exact) mass is 911 g/mol. The number of nitrogens with one attached hydrogen (secondary N) is 2. The molecule has 0 aliphatic carbocycles. The van der Waals surface area contributed by atoms with Crippen molar-refractivity contribution in [1.29, 1.82) is 0 Å². The molecule has 0 spiro atoms. The van der Waals surface area contributed by atoms with Gasteiger partial charge in [-0.05, 0) is 44.4 Å². The number of carbonyl (C=O) groups excluding carboxylic acids is 2. The molecule has 10 atom stereocenters. The molecular weight excluding hydrogens is 874 g/mol. The van der Waals surface area contributed by atoms with Crippen molar-refractivity contribution in [2.24, 2.45) is 0 Å². The Morgan fingerprint density at radius 1 is 1.03 bits per heavy atom. The van der Waals surface area contributed by atoms with E-state index in [1.54, 1.807) is 20.8 Å².